The number of benzene rings is 1. The maximum absolute atomic E-state index is 13.9. The summed E-state index contributed by atoms with van der Waals surface area (Å²) in [4.78, 5) is 0. The molecule has 2 rings (SSSR count). The van der Waals surface area contributed by atoms with Crippen LogP contribution in [-0.2, 0) is 6.42 Å². The van der Waals surface area contributed by atoms with Gasteiger partial charge in [-0.3, -0.25) is 0 Å². The lowest BCUT2D eigenvalue weighted by atomic mass is 9.99. The van der Waals surface area contributed by atoms with Gasteiger partial charge >= 0.3 is 0 Å². The van der Waals surface area contributed by atoms with Gasteiger partial charge in [0, 0.05) is 16.6 Å². The lowest BCUT2D eigenvalue weighted by Gasteiger charge is -2.18. The molecule has 1 atom stereocenters. The molecular formula is C16H19ClFNO. The fraction of sp³-hybridized carbons (Fsp3) is 0.375. The standard InChI is InChI=1S/C16H19ClFNO/c1-3-7-19-16(14-6-8-20-11(14)2)10-12-9-13(17)4-5-15(12)18/h4-6,8-9,16,19H,3,7,10H2,1-2H3. The van der Waals surface area contributed by atoms with Crippen LogP contribution in [0.1, 0.15) is 36.3 Å². The largest absolute Gasteiger partial charge is 0.469 e. The van der Waals surface area contributed by atoms with Crippen molar-refractivity contribution in [1.82, 2.24) is 5.32 Å². The fourth-order valence-electron chi connectivity index (χ4n) is 2.29. The molecule has 4 heteroatoms. The average molecular weight is 296 g/mol. The molecule has 1 aromatic heterocycles. The topological polar surface area (TPSA) is 25.2 Å². The van der Waals surface area contributed by atoms with Crippen molar-refractivity contribution in [2.45, 2.75) is 32.7 Å². The first-order valence-corrected chi connectivity index (χ1v) is 7.21. The average Bonchev–Trinajstić information content (AvgIpc) is 2.84. The number of furan rings is 1. The lowest BCUT2D eigenvalue weighted by Crippen LogP contribution is -2.24. The monoisotopic (exact) mass is 295 g/mol. The minimum absolute atomic E-state index is 0.0293. The molecule has 1 aromatic carbocycles. The van der Waals surface area contributed by atoms with Crippen molar-refractivity contribution in [2.75, 3.05) is 6.54 Å². The maximum atomic E-state index is 13.9. The van der Waals surface area contributed by atoms with Gasteiger partial charge in [-0.05, 0) is 56.1 Å². The molecule has 0 radical (unpaired) electrons. The van der Waals surface area contributed by atoms with Gasteiger partial charge in [-0.1, -0.05) is 18.5 Å². The fourth-order valence-corrected chi connectivity index (χ4v) is 2.48. The summed E-state index contributed by atoms with van der Waals surface area (Å²) in [6, 6.07) is 6.63. The first-order valence-electron chi connectivity index (χ1n) is 6.83. The molecule has 0 bridgehead atoms. The zero-order valence-corrected chi connectivity index (χ0v) is 12.5. The van der Waals surface area contributed by atoms with Crippen LogP contribution in [-0.4, -0.2) is 6.54 Å². The quantitative estimate of drug-likeness (QED) is 0.838. The Morgan fingerprint density at radius 3 is 2.80 bits per heavy atom. The highest BCUT2D eigenvalue weighted by Crippen LogP contribution is 2.25. The third-order valence-electron chi connectivity index (χ3n) is 3.35. The van der Waals surface area contributed by atoms with Crippen LogP contribution in [0.5, 0.6) is 0 Å². The Kier molecular flexibility index (Phi) is 5.21. The van der Waals surface area contributed by atoms with Gasteiger partial charge in [-0.2, -0.15) is 0 Å². The van der Waals surface area contributed by atoms with Crippen LogP contribution in [0.25, 0.3) is 0 Å². The van der Waals surface area contributed by atoms with Crippen LogP contribution in [0, 0.1) is 12.7 Å². The molecule has 0 aliphatic carbocycles. The summed E-state index contributed by atoms with van der Waals surface area (Å²) in [5.74, 6) is 0.639. The molecule has 1 heterocycles. The molecule has 1 unspecified atom stereocenters. The number of aryl methyl sites for hydroxylation is 1. The van der Waals surface area contributed by atoms with E-state index in [2.05, 4.69) is 12.2 Å². The number of halogens is 2. The smallest absolute Gasteiger partial charge is 0.126 e. The molecule has 0 aliphatic rings. The van der Waals surface area contributed by atoms with E-state index >= 15 is 0 Å². The molecule has 108 valence electrons. The normalized spacial score (nSPS) is 12.6. The van der Waals surface area contributed by atoms with Gasteiger partial charge in [0.25, 0.3) is 0 Å². The summed E-state index contributed by atoms with van der Waals surface area (Å²) in [6.07, 6.45) is 3.23. The molecule has 0 amide bonds. The Labute approximate surface area is 123 Å². The molecule has 2 aromatic rings. The molecule has 0 spiro atoms. The molecular weight excluding hydrogens is 277 g/mol. The second kappa shape index (κ2) is 6.91. The SMILES string of the molecule is CCCNC(Cc1cc(Cl)ccc1F)c1ccoc1C. The third-order valence-corrected chi connectivity index (χ3v) is 3.58. The molecule has 1 N–H and O–H groups in total. The van der Waals surface area contributed by atoms with Crippen LogP contribution < -0.4 is 5.32 Å². The van der Waals surface area contributed by atoms with Crippen LogP contribution in [0.2, 0.25) is 5.02 Å². The van der Waals surface area contributed by atoms with E-state index in [1.165, 1.54) is 6.07 Å². The molecule has 0 saturated carbocycles. The van der Waals surface area contributed by atoms with Gasteiger partial charge in [0.1, 0.15) is 11.6 Å². The molecule has 0 saturated heterocycles. The summed E-state index contributed by atoms with van der Waals surface area (Å²) in [5.41, 5.74) is 1.68. The first kappa shape index (κ1) is 15.1. The summed E-state index contributed by atoms with van der Waals surface area (Å²) in [5, 5.41) is 3.99. The van der Waals surface area contributed by atoms with E-state index in [9.17, 15) is 4.39 Å². The first-order chi connectivity index (χ1) is 9.61. The van der Waals surface area contributed by atoms with Gasteiger partial charge in [0.05, 0.1) is 6.26 Å². The number of hydrogen-bond donors (Lipinski definition) is 1. The van der Waals surface area contributed by atoms with Gasteiger partial charge in [0.15, 0.2) is 0 Å². The van der Waals surface area contributed by atoms with Crippen LogP contribution in [0.3, 0.4) is 0 Å². The summed E-state index contributed by atoms with van der Waals surface area (Å²) in [7, 11) is 0. The lowest BCUT2D eigenvalue weighted by molar-refractivity contribution is 0.487. The minimum Gasteiger partial charge on any atom is -0.469 e. The van der Waals surface area contributed by atoms with E-state index < -0.39 is 0 Å². The Balaban J connectivity index is 2.23. The number of nitrogens with one attached hydrogen (secondary N) is 1. The van der Waals surface area contributed by atoms with Crippen molar-refractivity contribution in [3.63, 3.8) is 0 Å². The van der Waals surface area contributed by atoms with Crippen molar-refractivity contribution in [1.29, 1.82) is 0 Å². The van der Waals surface area contributed by atoms with Crippen LogP contribution in [0.4, 0.5) is 4.39 Å². The van der Waals surface area contributed by atoms with E-state index in [4.69, 9.17) is 16.0 Å². The summed E-state index contributed by atoms with van der Waals surface area (Å²) in [6.45, 7) is 4.90. The number of hydrogen-bond acceptors (Lipinski definition) is 2. The van der Waals surface area contributed by atoms with Gasteiger partial charge in [0.2, 0.25) is 0 Å². The highest BCUT2D eigenvalue weighted by molar-refractivity contribution is 6.30. The van der Waals surface area contributed by atoms with Gasteiger partial charge < -0.3 is 9.73 Å². The molecule has 20 heavy (non-hydrogen) atoms. The molecule has 0 aliphatic heterocycles. The van der Waals surface area contributed by atoms with E-state index in [1.54, 1.807) is 18.4 Å². The van der Waals surface area contributed by atoms with Crippen molar-refractivity contribution >= 4 is 11.6 Å². The van der Waals surface area contributed by atoms with Crippen molar-refractivity contribution < 1.29 is 8.81 Å². The van der Waals surface area contributed by atoms with Gasteiger partial charge in [-0.25, -0.2) is 4.39 Å². The van der Waals surface area contributed by atoms with E-state index in [-0.39, 0.29) is 11.9 Å². The van der Waals surface area contributed by atoms with Gasteiger partial charge in [-0.15, -0.1) is 0 Å². The minimum atomic E-state index is -0.223. The van der Waals surface area contributed by atoms with Crippen molar-refractivity contribution in [2.24, 2.45) is 0 Å². The highest BCUT2D eigenvalue weighted by Gasteiger charge is 2.17. The summed E-state index contributed by atoms with van der Waals surface area (Å²) < 4.78 is 19.2. The van der Waals surface area contributed by atoms with Crippen molar-refractivity contribution in [3.05, 3.63) is 58.3 Å². The highest BCUT2D eigenvalue weighted by atomic mass is 35.5. The Hall–Kier alpha value is -1.32. The maximum Gasteiger partial charge on any atom is 0.126 e. The predicted molar refractivity (Wildman–Crippen MR) is 79.6 cm³/mol. The molecule has 0 fully saturated rings. The van der Waals surface area contributed by atoms with E-state index in [0.29, 0.717) is 17.0 Å². The van der Waals surface area contributed by atoms with E-state index in [0.717, 1.165) is 24.3 Å². The van der Waals surface area contributed by atoms with E-state index in [1.807, 2.05) is 13.0 Å². The predicted octanol–water partition coefficient (Wildman–Crippen LogP) is 4.66. The third kappa shape index (κ3) is 3.62. The summed E-state index contributed by atoms with van der Waals surface area (Å²) >= 11 is 5.96. The second-order valence-electron chi connectivity index (χ2n) is 4.88. The Bertz CT molecular complexity index is 567. The zero-order valence-electron chi connectivity index (χ0n) is 11.7. The Morgan fingerprint density at radius 1 is 1.35 bits per heavy atom. The Morgan fingerprint density at radius 2 is 2.15 bits per heavy atom. The van der Waals surface area contributed by atoms with Crippen LogP contribution in [0.15, 0.2) is 34.9 Å². The molecule has 2 nitrogen and oxygen atoms in total. The van der Waals surface area contributed by atoms with Crippen molar-refractivity contribution in [3.8, 4) is 0 Å². The zero-order chi connectivity index (χ0) is 14.5. The number of rotatable bonds is 6. The van der Waals surface area contributed by atoms with Crippen LogP contribution >= 0.6 is 11.6 Å². The second-order valence-corrected chi connectivity index (χ2v) is 5.32.